The summed E-state index contributed by atoms with van der Waals surface area (Å²) in [6.07, 6.45) is 2.16. The van der Waals surface area contributed by atoms with Gasteiger partial charge in [0.1, 0.15) is 5.82 Å². The first-order chi connectivity index (χ1) is 8.17. The Labute approximate surface area is 108 Å². The molecule has 0 fully saturated rings. The highest BCUT2D eigenvalue weighted by Gasteiger charge is 2.07. The highest BCUT2D eigenvalue weighted by Crippen LogP contribution is 2.28. The van der Waals surface area contributed by atoms with E-state index >= 15 is 0 Å². The summed E-state index contributed by atoms with van der Waals surface area (Å²) in [5, 5.41) is 3.74. The summed E-state index contributed by atoms with van der Waals surface area (Å²) in [4.78, 5) is 0.763. The molecule has 0 saturated carbocycles. The van der Waals surface area contributed by atoms with Crippen LogP contribution in [-0.2, 0) is 6.54 Å². The Hall–Kier alpha value is -0.540. The van der Waals surface area contributed by atoms with Crippen molar-refractivity contribution in [3.05, 3.63) is 29.6 Å². The molecule has 0 aromatic heterocycles. The van der Waals surface area contributed by atoms with Gasteiger partial charge in [0, 0.05) is 16.7 Å². The summed E-state index contributed by atoms with van der Waals surface area (Å²) >= 11 is 1.61. The van der Waals surface area contributed by atoms with Gasteiger partial charge in [0.2, 0.25) is 0 Å². The summed E-state index contributed by atoms with van der Waals surface area (Å²) in [5.74, 6) is -0.0916. The molecule has 1 aromatic carbocycles. The zero-order valence-electron chi connectivity index (χ0n) is 10.9. The molecule has 3 heteroatoms. The minimum Gasteiger partial charge on any atom is -0.313 e. The first-order valence-corrected chi connectivity index (χ1v) is 7.21. The van der Waals surface area contributed by atoms with Crippen LogP contribution in [0.3, 0.4) is 0 Å². The predicted octanol–water partition coefficient (Wildman–Crippen LogP) is 4.22. The zero-order chi connectivity index (χ0) is 12.7. The predicted molar refractivity (Wildman–Crippen MR) is 74.0 cm³/mol. The van der Waals surface area contributed by atoms with Crippen molar-refractivity contribution >= 4 is 11.8 Å². The summed E-state index contributed by atoms with van der Waals surface area (Å²) in [7, 11) is 0. The maximum Gasteiger partial charge on any atom is 0.137 e. The van der Waals surface area contributed by atoms with E-state index in [9.17, 15) is 4.39 Å². The van der Waals surface area contributed by atoms with Gasteiger partial charge in [0.05, 0.1) is 0 Å². The fraction of sp³-hybridized carbons (Fsp3) is 0.571. The van der Waals surface area contributed by atoms with Crippen LogP contribution in [-0.4, -0.2) is 11.8 Å². The maximum absolute atomic E-state index is 13.8. The van der Waals surface area contributed by atoms with Gasteiger partial charge < -0.3 is 5.32 Å². The van der Waals surface area contributed by atoms with Gasteiger partial charge in [0.25, 0.3) is 0 Å². The first-order valence-electron chi connectivity index (χ1n) is 6.33. The topological polar surface area (TPSA) is 12.0 Å². The monoisotopic (exact) mass is 255 g/mol. The van der Waals surface area contributed by atoms with Crippen molar-refractivity contribution in [2.45, 2.75) is 50.3 Å². The summed E-state index contributed by atoms with van der Waals surface area (Å²) in [6, 6.07) is 5.55. The molecular weight excluding hydrogens is 233 g/mol. The van der Waals surface area contributed by atoms with Crippen LogP contribution in [0.1, 0.15) is 39.2 Å². The van der Waals surface area contributed by atoms with Crippen molar-refractivity contribution in [1.29, 1.82) is 0 Å². The Morgan fingerprint density at radius 1 is 1.35 bits per heavy atom. The maximum atomic E-state index is 13.8. The average Bonchev–Trinajstić information content (AvgIpc) is 2.32. The van der Waals surface area contributed by atoms with Crippen LogP contribution in [0.2, 0.25) is 0 Å². The van der Waals surface area contributed by atoms with Gasteiger partial charge in [-0.25, -0.2) is 4.39 Å². The lowest BCUT2D eigenvalue weighted by Crippen LogP contribution is -2.13. The Morgan fingerprint density at radius 3 is 2.71 bits per heavy atom. The van der Waals surface area contributed by atoms with Gasteiger partial charge in [0.15, 0.2) is 0 Å². The number of hydrogen-bond acceptors (Lipinski definition) is 2. The second kappa shape index (κ2) is 7.72. The van der Waals surface area contributed by atoms with Gasteiger partial charge in [-0.3, -0.25) is 0 Å². The molecule has 0 heterocycles. The molecule has 1 unspecified atom stereocenters. The Kier molecular flexibility index (Phi) is 6.60. The average molecular weight is 255 g/mol. The molecule has 0 aliphatic carbocycles. The molecule has 1 rings (SSSR count). The molecule has 1 atom stereocenters. The van der Waals surface area contributed by atoms with E-state index in [0.29, 0.717) is 5.25 Å². The number of halogens is 1. The quantitative estimate of drug-likeness (QED) is 0.578. The highest BCUT2D eigenvalue weighted by molar-refractivity contribution is 7.99. The van der Waals surface area contributed by atoms with Crippen molar-refractivity contribution in [2.75, 3.05) is 6.54 Å². The molecule has 1 N–H and O–H groups in total. The van der Waals surface area contributed by atoms with Crippen molar-refractivity contribution < 1.29 is 4.39 Å². The molecule has 0 amide bonds. The van der Waals surface area contributed by atoms with Crippen molar-refractivity contribution in [2.24, 2.45) is 0 Å². The van der Waals surface area contributed by atoms with Crippen LogP contribution in [0.15, 0.2) is 23.1 Å². The highest BCUT2D eigenvalue weighted by atomic mass is 32.2. The van der Waals surface area contributed by atoms with Crippen LogP contribution < -0.4 is 5.32 Å². The van der Waals surface area contributed by atoms with E-state index in [1.165, 1.54) is 0 Å². The normalized spacial score (nSPS) is 12.7. The molecule has 0 radical (unpaired) electrons. The lowest BCUT2D eigenvalue weighted by atomic mass is 10.2. The zero-order valence-corrected chi connectivity index (χ0v) is 11.7. The van der Waals surface area contributed by atoms with E-state index < -0.39 is 0 Å². The fourth-order valence-corrected chi connectivity index (χ4v) is 2.38. The smallest absolute Gasteiger partial charge is 0.137 e. The van der Waals surface area contributed by atoms with Gasteiger partial charge in [-0.05, 0) is 37.1 Å². The Balaban J connectivity index is 2.59. The second-order valence-corrected chi connectivity index (χ2v) is 5.76. The van der Waals surface area contributed by atoms with Crippen LogP contribution in [0.25, 0.3) is 0 Å². The van der Waals surface area contributed by atoms with E-state index in [-0.39, 0.29) is 5.82 Å². The van der Waals surface area contributed by atoms with Crippen molar-refractivity contribution in [3.8, 4) is 0 Å². The molecule has 96 valence electrons. The van der Waals surface area contributed by atoms with Gasteiger partial charge in [-0.1, -0.05) is 26.8 Å². The van der Waals surface area contributed by atoms with Gasteiger partial charge in [-0.15, -0.1) is 11.8 Å². The number of benzene rings is 1. The largest absolute Gasteiger partial charge is 0.313 e. The van der Waals surface area contributed by atoms with E-state index in [0.717, 1.165) is 36.4 Å². The second-order valence-electron chi connectivity index (χ2n) is 4.28. The number of rotatable bonds is 7. The first kappa shape index (κ1) is 14.5. The van der Waals surface area contributed by atoms with Crippen LogP contribution in [0.4, 0.5) is 4.39 Å². The Bertz CT molecular complexity index is 341. The number of hydrogen-bond donors (Lipinski definition) is 1. The van der Waals surface area contributed by atoms with Crippen LogP contribution >= 0.6 is 11.8 Å². The minimum absolute atomic E-state index is 0.0916. The molecule has 0 aliphatic heterocycles. The van der Waals surface area contributed by atoms with E-state index in [4.69, 9.17) is 0 Å². The third-order valence-corrected chi connectivity index (χ3v) is 3.98. The third kappa shape index (κ3) is 5.09. The fourth-order valence-electron chi connectivity index (χ4n) is 1.46. The van der Waals surface area contributed by atoms with Gasteiger partial charge >= 0.3 is 0 Å². The van der Waals surface area contributed by atoms with Crippen molar-refractivity contribution in [3.63, 3.8) is 0 Å². The lowest BCUT2D eigenvalue weighted by Gasteiger charge is -2.10. The van der Waals surface area contributed by atoms with Crippen molar-refractivity contribution in [1.82, 2.24) is 5.32 Å². The summed E-state index contributed by atoms with van der Waals surface area (Å²) < 4.78 is 13.8. The molecule has 1 nitrogen and oxygen atoms in total. The standard InChI is InChI=1S/C14H22FNS/c1-4-8-16-10-12-6-7-14(13(15)9-12)17-11(3)5-2/h6-7,9,11,16H,4-5,8,10H2,1-3H3. The molecule has 0 saturated heterocycles. The van der Waals surface area contributed by atoms with Crippen LogP contribution in [0.5, 0.6) is 0 Å². The molecule has 0 spiro atoms. The number of thioether (sulfide) groups is 1. The molecule has 1 aromatic rings. The minimum atomic E-state index is -0.0916. The lowest BCUT2D eigenvalue weighted by molar-refractivity contribution is 0.594. The Morgan fingerprint density at radius 2 is 2.12 bits per heavy atom. The molecular formula is C14H22FNS. The SMILES string of the molecule is CCCNCc1ccc(SC(C)CC)c(F)c1. The van der Waals surface area contributed by atoms with Crippen LogP contribution in [0, 0.1) is 5.82 Å². The van der Waals surface area contributed by atoms with Gasteiger partial charge in [-0.2, -0.15) is 0 Å². The third-order valence-electron chi connectivity index (χ3n) is 2.66. The summed E-state index contributed by atoms with van der Waals surface area (Å²) in [6.45, 7) is 8.10. The number of nitrogens with one attached hydrogen (secondary N) is 1. The summed E-state index contributed by atoms with van der Waals surface area (Å²) in [5.41, 5.74) is 1.02. The van der Waals surface area contributed by atoms with E-state index in [1.807, 2.05) is 12.1 Å². The molecule has 0 bridgehead atoms. The van der Waals surface area contributed by atoms with E-state index in [1.54, 1.807) is 17.8 Å². The molecule has 17 heavy (non-hydrogen) atoms. The molecule has 0 aliphatic rings. The van der Waals surface area contributed by atoms with E-state index in [2.05, 4.69) is 26.1 Å².